The minimum absolute atomic E-state index is 0.0439. The van der Waals surface area contributed by atoms with Crippen molar-refractivity contribution in [3.05, 3.63) is 29.8 Å². The third-order valence-electron chi connectivity index (χ3n) is 5.15. The van der Waals surface area contributed by atoms with Crippen LogP contribution in [0.4, 0.5) is 4.79 Å². The second-order valence-electron chi connectivity index (χ2n) is 6.70. The number of rotatable bonds is 8. The minimum Gasteiger partial charge on any atom is -0.497 e. The maximum atomic E-state index is 12.3. The van der Waals surface area contributed by atoms with Crippen molar-refractivity contribution >= 4 is 6.03 Å². The molecule has 0 spiro atoms. The van der Waals surface area contributed by atoms with Gasteiger partial charge in [0.25, 0.3) is 0 Å². The van der Waals surface area contributed by atoms with Gasteiger partial charge in [-0.05, 0) is 43.6 Å². The van der Waals surface area contributed by atoms with Gasteiger partial charge < -0.3 is 15.4 Å². The first kappa shape index (κ1) is 19.6. The van der Waals surface area contributed by atoms with Crippen LogP contribution >= 0.6 is 0 Å². The largest absolute Gasteiger partial charge is 0.497 e. The molecule has 1 fully saturated rings. The van der Waals surface area contributed by atoms with Crippen molar-refractivity contribution in [1.82, 2.24) is 15.5 Å². The lowest BCUT2D eigenvalue weighted by Gasteiger charge is -2.31. The molecule has 1 saturated carbocycles. The fourth-order valence-corrected chi connectivity index (χ4v) is 3.62. The summed E-state index contributed by atoms with van der Waals surface area (Å²) in [5.74, 6) is 0.852. The van der Waals surface area contributed by atoms with E-state index in [0.29, 0.717) is 12.6 Å². The van der Waals surface area contributed by atoms with Gasteiger partial charge in [-0.2, -0.15) is 0 Å². The van der Waals surface area contributed by atoms with E-state index in [2.05, 4.69) is 41.5 Å². The molecule has 1 atom stereocenters. The number of urea groups is 1. The zero-order valence-electron chi connectivity index (χ0n) is 15.9. The fraction of sp³-hybridized carbons (Fsp3) is 0.650. The zero-order valence-corrected chi connectivity index (χ0v) is 15.9. The van der Waals surface area contributed by atoms with Crippen LogP contribution in [-0.2, 0) is 0 Å². The number of benzene rings is 1. The molecule has 2 amide bonds. The van der Waals surface area contributed by atoms with Crippen LogP contribution in [0.5, 0.6) is 5.75 Å². The van der Waals surface area contributed by atoms with Gasteiger partial charge in [0.15, 0.2) is 0 Å². The summed E-state index contributed by atoms with van der Waals surface area (Å²) >= 11 is 0. The lowest BCUT2D eigenvalue weighted by atomic mass is 9.96. The highest BCUT2D eigenvalue weighted by Crippen LogP contribution is 2.22. The summed E-state index contributed by atoms with van der Waals surface area (Å²) in [6, 6.07) is 8.59. The molecule has 25 heavy (non-hydrogen) atoms. The lowest BCUT2D eigenvalue weighted by molar-refractivity contribution is 0.203. The van der Waals surface area contributed by atoms with Crippen LogP contribution < -0.4 is 15.4 Å². The second-order valence-corrected chi connectivity index (χ2v) is 6.70. The molecule has 1 unspecified atom stereocenters. The summed E-state index contributed by atoms with van der Waals surface area (Å²) in [6.45, 7) is 6.80. The fourth-order valence-electron chi connectivity index (χ4n) is 3.62. The van der Waals surface area contributed by atoms with E-state index in [4.69, 9.17) is 4.74 Å². The number of carbonyl (C=O) groups is 1. The molecular formula is C20H33N3O2. The minimum atomic E-state index is -0.0439. The Bertz CT molecular complexity index is 508. The van der Waals surface area contributed by atoms with Gasteiger partial charge in [0, 0.05) is 12.6 Å². The van der Waals surface area contributed by atoms with Gasteiger partial charge in [-0.3, -0.25) is 4.90 Å². The Hall–Kier alpha value is -1.75. The summed E-state index contributed by atoms with van der Waals surface area (Å²) in [6.07, 6.45) is 5.94. The van der Waals surface area contributed by atoms with Crippen LogP contribution in [-0.4, -0.2) is 43.7 Å². The predicted octanol–water partition coefficient (Wildman–Crippen LogP) is 3.71. The van der Waals surface area contributed by atoms with Crippen LogP contribution in [0.15, 0.2) is 24.3 Å². The molecule has 0 bridgehead atoms. The van der Waals surface area contributed by atoms with E-state index in [1.165, 1.54) is 24.8 Å². The molecule has 0 saturated heterocycles. The van der Waals surface area contributed by atoms with Crippen molar-refractivity contribution in [2.75, 3.05) is 26.7 Å². The van der Waals surface area contributed by atoms with Gasteiger partial charge in [-0.15, -0.1) is 0 Å². The van der Waals surface area contributed by atoms with Crippen LogP contribution in [0.25, 0.3) is 0 Å². The Labute approximate surface area is 152 Å². The van der Waals surface area contributed by atoms with Crippen molar-refractivity contribution in [3.8, 4) is 5.75 Å². The van der Waals surface area contributed by atoms with Crippen LogP contribution in [0.2, 0.25) is 0 Å². The summed E-state index contributed by atoms with van der Waals surface area (Å²) in [5.41, 5.74) is 1.20. The van der Waals surface area contributed by atoms with Crippen molar-refractivity contribution in [2.45, 2.75) is 58.0 Å². The van der Waals surface area contributed by atoms with Gasteiger partial charge in [0.2, 0.25) is 0 Å². The van der Waals surface area contributed by atoms with Crippen LogP contribution in [0.3, 0.4) is 0 Å². The maximum absolute atomic E-state index is 12.3. The topological polar surface area (TPSA) is 53.6 Å². The van der Waals surface area contributed by atoms with Gasteiger partial charge >= 0.3 is 6.03 Å². The number of ether oxygens (including phenoxy) is 1. The van der Waals surface area contributed by atoms with Gasteiger partial charge in [0.05, 0.1) is 13.2 Å². The summed E-state index contributed by atoms with van der Waals surface area (Å²) in [7, 11) is 1.67. The van der Waals surface area contributed by atoms with Gasteiger partial charge in [-0.25, -0.2) is 4.79 Å². The molecule has 0 aliphatic heterocycles. The van der Waals surface area contributed by atoms with E-state index in [-0.39, 0.29) is 12.1 Å². The highest BCUT2D eigenvalue weighted by atomic mass is 16.5. The summed E-state index contributed by atoms with van der Waals surface area (Å²) in [5, 5.41) is 6.21. The standard InChI is InChI=1S/C20H33N3O2/c1-4-23(5-2)19(16-11-13-18(25-3)14-12-16)15-21-20(24)22-17-9-7-6-8-10-17/h11-14,17,19H,4-10,15H2,1-3H3,(H2,21,22,24). The molecule has 5 heteroatoms. The normalized spacial score (nSPS) is 16.5. The van der Waals surface area contributed by atoms with Crippen molar-refractivity contribution in [2.24, 2.45) is 0 Å². The molecule has 140 valence electrons. The Morgan fingerprint density at radius 3 is 2.36 bits per heavy atom. The first-order chi connectivity index (χ1) is 12.2. The van der Waals surface area contributed by atoms with E-state index in [1.54, 1.807) is 7.11 Å². The average molecular weight is 348 g/mol. The van der Waals surface area contributed by atoms with E-state index < -0.39 is 0 Å². The number of hydrogen-bond donors (Lipinski definition) is 2. The van der Waals surface area contributed by atoms with Crippen LogP contribution in [0.1, 0.15) is 57.6 Å². The Morgan fingerprint density at radius 1 is 1.16 bits per heavy atom. The summed E-state index contributed by atoms with van der Waals surface area (Å²) < 4.78 is 5.25. The number of nitrogens with zero attached hydrogens (tertiary/aromatic N) is 1. The molecule has 0 heterocycles. The van der Waals surface area contributed by atoms with Crippen LogP contribution in [0, 0.1) is 0 Å². The SMILES string of the molecule is CCN(CC)C(CNC(=O)NC1CCCCC1)c1ccc(OC)cc1. The number of methoxy groups -OCH3 is 1. The number of nitrogens with one attached hydrogen (secondary N) is 2. The quantitative estimate of drug-likeness (QED) is 0.754. The smallest absolute Gasteiger partial charge is 0.315 e. The predicted molar refractivity (Wildman–Crippen MR) is 102 cm³/mol. The van der Waals surface area contributed by atoms with Crippen molar-refractivity contribution in [3.63, 3.8) is 0 Å². The molecule has 0 radical (unpaired) electrons. The molecule has 2 rings (SSSR count). The lowest BCUT2D eigenvalue weighted by Crippen LogP contribution is -2.46. The number of carbonyl (C=O) groups excluding carboxylic acids is 1. The Kier molecular flexibility index (Phi) is 8.06. The monoisotopic (exact) mass is 347 g/mol. The van der Waals surface area contributed by atoms with E-state index >= 15 is 0 Å². The molecule has 1 aliphatic rings. The highest BCUT2D eigenvalue weighted by Gasteiger charge is 2.20. The van der Waals surface area contributed by atoms with E-state index in [0.717, 1.165) is 31.7 Å². The zero-order chi connectivity index (χ0) is 18.1. The highest BCUT2D eigenvalue weighted by molar-refractivity contribution is 5.74. The van der Waals surface area contributed by atoms with Gasteiger partial charge in [0.1, 0.15) is 5.75 Å². The van der Waals surface area contributed by atoms with Gasteiger partial charge in [-0.1, -0.05) is 45.2 Å². The first-order valence-corrected chi connectivity index (χ1v) is 9.60. The third-order valence-corrected chi connectivity index (χ3v) is 5.15. The number of likely N-dealkylation sites (N-methyl/N-ethyl adjacent to an activating group) is 1. The molecule has 2 N–H and O–H groups in total. The average Bonchev–Trinajstić information content (AvgIpc) is 2.66. The van der Waals surface area contributed by atoms with E-state index in [9.17, 15) is 4.79 Å². The Morgan fingerprint density at radius 2 is 1.80 bits per heavy atom. The molecule has 1 aromatic rings. The van der Waals surface area contributed by atoms with E-state index in [1.807, 2.05) is 12.1 Å². The second kappa shape index (κ2) is 10.3. The number of amides is 2. The summed E-state index contributed by atoms with van der Waals surface area (Å²) in [4.78, 5) is 14.6. The molecule has 1 aromatic carbocycles. The van der Waals surface area contributed by atoms with Crippen molar-refractivity contribution in [1.29, 1.82) is 0 Å². The number of hydrogen-bond acceptors (Lipinski definition) is 3. The Balaban J connectivity index is 1.96. The molecule has 5 nitrogen and oxygen atoms in total. The third kappa shape index (κ3) is 5.92. The molecule has 0 aromatic heterocycles. The molecular weight excluding hydrogens is 314 g/mol. The first-order valence-electron chi connectivity index (χ1n) is 9.60. The molecule has 1 aliphatic carbocycles. The maximum Gasteiger partial charge on any atom is 0.315 e. The van der Waals surface area contributed by atoms with Crippen molar-refractivity contribution < 1.29 is 9.53 Å².